The summed E-state index contributed by atoms with van der Waals surface area (Å²) in [6, 6.07) is 24.7. The van der Waals surface area contributed by atoms with E-state index in [1.165, 1.54) is 11.8 Å². The van der Waals surface area contributed by atoms with E-state index in [0.29, 0.717) is 36.1 Å². The number of carbonyl (C=O) groups excluding carboxylic acids is 1. The van der Waals surface area contributed by atoms with Crippen LogP contribution in [0, 0.1) is 13.8 Å². The summed E-state index contributed by atoms with van der Waals surface area (Å²) < 4.78 is 12.4. The summed E-state index contributed by atoms with van der Waals surface area (Å²) in [5.41, 5.74) is 5.34. The van der Waals surface area contributed by atoms with Gasteiger partial charge in [0, 0.05) is 15.6 Å². The molecule has 0 atom stereocenters. The van der Waals surface area contributed by atoms with E-state index in [1.54, 1.807) is 24.1 Å². The number of hydrogen-bond acceptors (Lipinski definition) is 5. The zero-order valence-electron chi connectivity index (χ0n) is 22.5. The summed E-state index contributed by atoms with van der Waals surface area (Å²) >= 11 is 17.3. The van der Waals surface area contributed by atoms with Crippen LogP contribution in [0.5, 0.6) is 11.5 Å². The average Bonchev–Trinajstić information content (AvgIpc) is 3.24. The monoisotopic (exact) mass is 666 g/mol. The average molecular weight is 668 g/mol. The number of halogens is 3. The predicted octanol–water partition coefficient (Wildman–Crippen LogP) is 9.77. The number of amides is 1. The van der Waals surface area contributed by atoms with E-state index in [1.807, 2.05) is 86.7 Å². The molecule has 208 valence electrons. The zero-order chi connectivity index (χ0) is 29.1. The fourth-order valence-corrected chi connectivity index (χ4v) is 6.14. The first-order valence-corrected chi connectivity index (χ1v) is 15.0. The Morgan fingerprint density at radius 3 is 2.29 bits per heavy atom. The van der Waals surface area contributed by atoms with Gasteiger partial charge in [-0.3, -0.25) is 9.69 Å². The van der Waals surface area contributed by atoms with Gasteiger partial charge in [-0.25, -0.2) is 4.99 Å². The fraction of sp³-hybridized carbons (Fsp3) is 0.125. The summed E-state index contributed by atoms with van der Waals surface area (Å²) in [4.78, 5) is 20.7. The summed E-state index contributed by atoms with van der Waals surface area (Å²) in [6.07, 6.45) is 1.83. The van der Waals surface area contributed by atoms with Crippen molar-refractivity contribution in [2.75, 3.05) is 12.0 Å². The molecule has 4 aromatic carbocycles. The molecular weight excluding hydrogens is 643 g/mol. The molecule has 5 nitrogen and oxygen atoms in total. The highest BCUT2D eigenvalue weighted by Crippen LogP contribution is 2.41. The maximum absolute atomic E-state index is 13.7. The number of amidine groups is 1. The van der Waals surface area contributed by atoms with E-state index >= 15 is 0 Å². The van der Waals surface area contributed by atoms with Gasteiger partial charge in [-0.2, -0.15) is 0 Å². The van der Waals surface area contributed by atoms with Crippen molar-refractivity contribution in [2.24, 2.45) is 4.99 Å². The molecule has 41 heavy (non-hydrogen) atoms. The topological polar surface area (TPSA) is 51.1 Å². The Morgan fingerprint density at radius 1 is 0.951 bits per heavy atom. The van der Waals surface area contributed by atoms with Gasteiger partial charge in [0.1, 0.15) is 6.61 Å². The highest BCUT2D eigenvalue weighted by atomic mass is 79.9. The summed E-state index contributed by atoms with van der Waals surface area (Å²) in [6.45, 7) is 4.27. The van der Waals surface area contributed by atoms with E-state index in [-0.39, 0.29) is 12.5 Å². The zero-order valence-corrected chi connectivity index (χ0v) is 26.4. The Hall–Kier alpha value is -3.23. The van der Waals surface area contributed by atoms with Gasteiger partial charge in [0.2, 0.25) is 0 Å². The van der Waals surface area contributed by atoms with Crippen molar-refractivity contribution in [3.8, 4) is 11.5 Å². The van der Waals surface area contributed by atoms with Crippen molar-refractivity contribution in [3.63, 3.8) is 0 Å². The van der Waals surface area contributed by atoms with Crippen molar-refractivity contribution in [1.29, 1.82) is 0 Å². The van der Waals surface area contributed by atoms with E-state index in [9.17, 15) is 4.79 Å². The minimum absolute atomic E-state index is 0.155. The van der Waals surface area contributed by atoms with Crippen LogP contribution in [0.3, 0.4) is 0 Å². The molecule has 0 aliphatic carbocycles. The van der Waals surface area contributed by atoms with Crippen LogP contribution < -0.4 is 14.4 Å². The molecule has 4 aromatic rings. The quantitative estimate of drug-likeness (QED) is 0.184. The fourth-order valence-electron chi connectivity index (χ4n) is 4.10. The van der Waals surface area contributed by atoms with Crippen LogP contribution in [0.4, 0.5) is 11.4 Å². The van der Waals surface area contributed by atoms with Crippen LogP contribution in [-0.2, 0) is 11.4 Å². The summed E-state index contributed by atoms with van der Waals surface area (Å²) in [5, 5.41) is 1.66. The molecule has 0 aromatic heterocycles. The Balaban J connectivity index is 1.47. The third kappa shape index (κ3) is 6.81. The first kappa shape index (κ1) is 29.3. The number of nitrogens with zero attached hydrogens (tertiary/aromatic N) is 2. The van der Waals surface area contributed by atoms with Gasteiger partial charge in [0.25, 0.3) is 5.91 Å². The highest BCUT2D eigenvalue weighted by molar-refractivity contribution is 9.10. The van der Waals surface area contributed by atoms with E-state index in [4.69, 9.17) is 37.7 Å². The second kappa shape index (κ2) is 12.7. The Morgan fingerprint density at radius 2 is 1.63 bits per heavy atom. The smallest absolute Gasteiger partial charge is 0.271 e. The van der Waals surface area contributed by atoms with Crippen LogP contribution >= 0.6 is 50.9 Å². The van der Waals surface area contributed by atoms with Gasteiger partial charge in [0.05, 0.1) is 27.9 Å². The van der Waals surface area contributed by atoms with Crippen LogP contribution in [0.15, 0.2) is 93.2 Å². The van der Waals surface area contributed by atoms with Crippen LogP contribution in [0.2, 0.25) is 10.0 Å². The Kier molecular flexibility index (Phi) is 9.09. The SMILES string of the molecule is COc1cc(/C=C2\SC(=Nc3ccc(C)cc3)N(c3ccc(C)cc3)C2=O)cc(Br)c1OCc1ccc(Cl)cc1Cl. The number of anilines is 1. The Bertz CT molecular complexity index is 1670. The molecular formula is C32H25BrCl2N2O3S. The lowest BCUT2D eigenvalue weighted by atomic mass is 10.1. The molecule has 1 saturated heterocycles. The van der Waals surface area contributed by atoms with Crippen LogP contribution in [-0.4, -0.2) is 18.2 Å². The molecule has 1 aliphatic rings. The molecule has 0 bridgehead atoms. The summed E-state index contributed by atoms with van der Waals surface area (Å²) in [7, 11) is 1.57. The number of aryl methyl sites for hydroxylation is 2. The number of benzene rings is 4. The minimum atomic E-state index is -0.155. The number of rotatable bonds is 7. The number of carbonyl (C=O) groups is 1. The lowest BCUT2D eigenvalue weighted by molar-refractivity contribution is -0.113. The molecule has 1 fully saturated rings. The van der Waals surface area contributed by atoms with E-state index < -0.39 is 0 Å². The molecule has 0 radical (unpaired) electrons. The molecule has 5 rings (SSSR count). The van der Waals surface area contributed by atoms with Gasteiger partial charge >= 0.3 is 0 Å². The number of ether oxygens (including phenoxy) is 2. The highest BCUT2D eigenvalue weighted by Gasteiger charge is 2.35. The number of thioether (sulfide) groups is 1. The summed E-state index contributed by atoms with van der Waals surface area (Å²) in [5.74, 6) is 0.877. The lowest BCUT2D eigenvalue weighted by Gasteiger charge is -2.16. The molecule has 1 heterocycles. The van der Waals surface area contributed by atoms with Crippen LogP contribution in [0.1, 0.15) is 22.3 Å². The van der Waals surface area contributed by atoms with Crippen LogP contribution in [0.25, 0.3) is 6.08 Å². The lowest BCUT2D eigenvalue weighted by Crippen LogP contribution is -2.28. The number of hydrogen-bond donors (Lipinski definition) is 0. The number of aliphatic imine (C=N–C) groups is 1. The molecule has 0 N–H and O–H groups in total. The number of methoxy groups -OCH3 is 1. The van der Waals surface area contributed by atoms with Crippen molar-refractivity contribution in [3.05, 3.63) is 121 Å². The standard InChI is InChI=1S/C32H25BrCl2N2O3S/c1-19-4-10-24(11-5-19)36-32-37(25-12-6-20(2)7-13-25)31(38)29(41-32)16-21-14-26(33)30(28(15-21)39-3)40-18-22-8-9-23(34)17-27(22)35/h4-17H,18H2,1-3H3/b29-16-,36-32?. The van der Waals surface area contributed by atoms with Gasteiger partial charge in [-0.05, 0) is 102 Å². The normalized spacial score (nSPS) is 15.2. The molecule has 0 spiro atoms. The third-order valence-electron chi connectivity index (χ3n) is 6.29. The van der Waals surface area contributed by atoms with Gasteiger partial charge in [-0.15, -0.1) is 0 Å². The maximum Gasteiger partial charge on any atom is 0.271 e. The second-order valence-electron chi connectivity index (χ2n) is 9.38. The molecule has 0 unspecified atom stereocenters. The van der Waals surface area contributed by atoms with Crippen molar-refractivity contribution in [2.45, 2.75) is 20.5 Å². The first-order valence-electron chi connectivity index (χ1n) is 12.6. The molecule has 1 aliphatic heterocycles. The largest absolute Gasteiger partial charge is 0.493 e. The first-order chi connectivity index (χ1) is 19.7. The Labute approximate surface area is 261 Å². The van der Waals surface area contributed by atoms with Crippen molar-refractivity contribution >= 4 is 79.4 Å². The van der Waals surface area contributed by atoms with Gasteiger partial charge in [-0.1, -0.05) is 64.7 Å². The second-order valence-corrected chi connectivity index (χ2v) is 12.1. The predicted molar refractivity (Wildman–Crippen MR) is 174 cm³/mol. The molecule has 9 heteroatoms. The van der Waals surface area contributed by atoms with E-state index in [2.05, 4.69) is 15.9 Å². The third-order valence-corrected chi connectivity index (χ3v) is 8.44. The minimum Gasteiger partial charge on any atom is -0.493 e. The van der Waals surface area contributed by atoms with Gasteiger partial charge in [0.15, 0.2) is 16.7 Å². The van der Waals surface area contributed by atoms with Crippen molar-refractivity contribution in [1.82, 2.24) is 0 Å². The maximum atomic E-state index is 13.7. The molecule has 0 saturated carbocycles. The van der Waals surface area contributed by atoms with E-state index in [0.717, 1.165) is 33.6 Å². The van der Waals surface area contributed by atoms with Crippen molar-refractivity contribution < 1.29 is 14.3 Å². The van der Waals surface area contributed by atoms with Gasteiger partial charge < -0.3 is 9.47 Å². The molecule has 1 amide bonds.